The second kappa shape index (κ2) is 8.26. The van der Waals surface area contributed by atoms with Gasteiger partial charge in [0.15, 0.2) is 0 Å². The molecule has 0 aromatic heterocycles. The summed E-state index contributed by atoms with van der Waals surface area (Å²) >= 11 is 0. The van der Waals surface area contributed by atoms with Gasteiger partial charge in [-0.25, -0.2) is 0 Å². The number of hydrogen-bond acceptors (Lipinski definition) is 3. The number of carbonyl (C=O) groups is 1. The van der Waals surface area contributed by atoms with Gasteiger partial charge in [0.2, 0.25) is 5.91 Å². The molecule has 26 heavy (non-hydrogen) atoms. The van der Waals surface area contributed by atoms with Crippen LogP contribution in [0.4, 0.5) is 5.69 Å². The maximum Gasteiger partial charge on any atom is 0.227 e. The third kappa shape index (κ3) is 4.37. The van der Waals surface area contributed by atoms with Crippen molar-refractivity contribution in [1.29, 1.82) is 0 Å². The molecule has 0 bridgehead atoms. The third-order valence-corrected chi connectivity index (χ3v) is 5.07. The van der Waals surface area contributed by atoms with Crippen molar-refractivity contribution in [3.8, 4) is 5.75 Å². The van der Waals surface area contributed by atoms with Gasteiger partial charge in [0, 0.05) is 31.9 Å². The molecule has 0 aliphatic carbocycles. The van der Waals surface area contributed by atoms with E-state index in [1.807, 2.05) is 29.2 Å². The summed E-state index contributed by atoms with van der Waals surface area (Å²) in [5.41, 5.74) is 3.64. The number of methoxy groups -OCH3 is 1. The number of amides is 1. The van der Waals surface area contributed by atoms with Crippen LogP contribution in [0.5, 0.6) is 5.75 Å². The molecule has 1 saturated heterocycles. The van der Waals surface area contributed by atoms with E-state index in [0.717, 1.165) is 37.5 Å². The summed E-state index contributed by atoms with van der Waals surface area (Å²) < 4.78 is 5.16. The van der Waals surface area contributed by atoms with E-state index in [0.29, 0.717) is 12.3 Å². The third-order valence-electron chi connectivity index (χ3n) is 5.07. The minimum absolute atomic E-state index is 0.199. The minimum Gasteiger partial charge on any atom is -0.497 e. The van der Waals surface area contributed by atoms with Crippen molar-refractivity contribution in [2.24, 2.45) is 0 Å². The predicted molar refractivity (Wildman–Crippen MR) is 106 cm³/mol. The Balaban J connectivity index is 1.53. The monoisotopic (exact) mass is 352 g/mol. The zero-order valence-corrected chi connectivity index (χ0v) is 15.9. The van der Waals surface area contributed by atoms with E-state index in [2.05, 4.69) is 43.0 Å². The maximum atomic E-state index is 12.6. The summed E-state index contributed by atoms with van der Waals surface area (Å²) in [5, 5.41) is 0. The van der Waals surface area contributed by atoms with Crippen LogP contribution in [0, 0.1) is 0 Å². The molecule has 1 amide bonds. The van der Waals surface area contributed by atoms with Gasteiger partial charge in [0.05, 0.1) is 13.5 Å². The highest BCUT2D eigenvalue weighted by molar-refractivity contribution is 5.79. The summed E-state index contributed by atoms with van der Waals surface area (Å²) in [6, 6.07) is 16.5. The number of anilines is 1. The second-order valence-electron chi connectivity index (χ2n) is 7.14. The van der Waals surface area contributed by atoms with Crippen molar-refractivity contribution in [2.45, 2.75) is 26.2 Å². The van der Waals surface area contributed by atoms with E-state index in [-0.39, 0.29) is 5.91 Å². The highest BCUT2D eigenvalue weighted by Gasteiger charge is 2.21. The van der Waals surface area contributed by atoms with Crippen molar-refractivity contribution < 1.29 is 9.53 Å². The van der Waals surface area contributed by atoms with Gasteiger partial charge < -0.3 is 14.5 Å². The molecule has 2 aromatic rings. The molecule has 0 unspecified atom stereocenters. The lowest BCUT2D eigenvalue weighted by atomic mass is 10.0. The molecule has 4 heteroatoms. The van der Waals surface area contributed by atoms with Crippen LogP contribution in [-0.2, 0) is 11.2 Å². The van der Waals surface area contributed by atoms with Crippen molar-refractivity contribution in [2.75, 3.05) is 38.2 Å². The number of rotatable bonds is 5. The van der Waals surface area contributed by atoms with E-state index in [9.17, 15) is 4.79 Å². The number of ether oxygens (including phenoxy) is 1. The lowest BCUT2D eigenvalue weighted by Gasteiger charge is -2.36. The van der Waals surface area contributed by atoms with Crippen LogP contribution < -0.4 is 9.64 Å². The molecule has 138 valence electrons. The Bertz CT molecular complexity index is 715. The van der Waals surface area contributed by atoms with Crippen molar-refractivity contribution >= 4 is 11.6 Å². The molecule has 1 aliphatic rings. The highest BCUT2D eigenvalue weighted by Crippen LogP contribution is 2.21. The standard InChI is InChI=1S/C22H28N2O2/c1-17(2)19-6-8-20(9-7-19)23-12-14-24(15-13-23)22(25)16-18-4-10-21(26-3)11-5-18/h4-11,17H,12-16H2,1-3H3. The highest BCUT2D eigenvalue weighted by atomic mass is 16.5. The molecule has 0 radical (unpaired) electrons. The molecule has 4 nitrogen and oxygen atoms in total. The summed E-state index contributed by atoms with van der Waals surface area (Å²) in [6.07, 6.45) is 0.451. The SMILES string of the molecule is COc1ccc(CC(=O)N2CCN(c3ccc(C(C)C)cc3)CC2)cc1. The summed E-state index contributed by atoms with van der Waals surface area (Å²) in [6.45, 7) is 7.75. The first-order valence-corrected chi connectivity index (χ1v) is 9.32. The van der Waals surface area contributed by atoms with Gasteiger partial charge in [0.25, 0.3) is 0 Å². The van der Waals surface area contributed by atoms with E-state index >= 15 is 0 Å². The van der Waals surface area contributed by atoms with Crippen LogP contribution >= 0.6 is 0 Å². The molecule has 0 spiro atoms. The number of carbonyl (C=O) groups excluding carboxylic acids is 1. The average molecular weight is 352 g/mol. The molecule has 1 fully saturated rings. The number of piperazine rings is 1. The lowest BCUT2D eigenvalue weighted by molar-refractivity contribution is -0.130. The first kappa shape index (κ1) is 18.3. The summed E-state index contributed by atoms with van der Waals surface area (Å²) in [5.74, 6) is 1.57. The lowest BCUT2D eigenvalue weighted by Crippen LogP contribution is -2.49. The van der Waals surface area contributed by atoms with E-state index in [1.54, 1.807) is 7.11 Å². The van der Waals surface area contributed by atoms with E-state index < -0.39 is 0 Å². The van der Waals surface area contributed by atoms with Gasteiger partial charge in [-0.05, 0) is 41.3 Å². The zero-order valence-electron chi connectivity index (χ0n) is 15.9. The van der Waals surface area contributed by atoms with Gasteiger partial charge in [-0.1, -0.05) is 38.1 Å². The fourth-order valence-electron chi connectivity index (χ4n) is 3.31. The molecular weight excluding hydrogens is 324 g/mol. The maximum absolute atomic E-state index is 12.6. The summed E-state index contributed by atoms with van der Waals surface area (Å²) in [4.78, 5) is 16.9. The molecule has 0 saturated carbocycles. The quantitative estimate of drug-likeness (QED) is 0.822. The molecule has 1 heterocycles. The minimum atomic E-state index is 0.199. The molecule has 0 N–H and O–H groups in total. The smallest absolute Gasteiger partial charge is 0.227 e. The molecule has 2 aromatic carbocycles. The van der Waals surface area contributed by atoms with Crippen LogP contribution in [0.15, 0.2) is 48.5 Å². The van der Waals surface area contributed by atoms with Crippen LogP contribution in [0.1, 0.15) is 30.9 Å². The Morgan fingerprint density at radius 2 is 1.58 bits per heavy atom. The first-order chi connectivity index (χ1) is 12.6. The predicted octanol–water partition coefficient (Wildman–Crippen LogP) is 3.71. The van der Waals surface area contributed by atoms with Gasteiger partial charge in [-0.2, -0.15) is 0 Å². The Morgan fingerprint density at radius 3 is 2.12 bits per heavy atom. The zero-order chi connectivity index (χ0) is 18.5. The Morgan fingerprint density at radius 1 is 0.962 bits per heavy atom. The van der Waals surface area contributed by atoms with E-state index in [1.165, 1.54) is 11.3 Å². The molecule has 3 rings (SSSR count). The Kier molecular flexibility index (Phi) is 5.82. The largest absolute Gasteiger partial charge is 0.497 e. The number of benzene rings is 2. The number of hydrogen-bond donors (Lipinski definition) is 0. The molecule has 1 aliphatic heterocycles. The fraction of sp³-hybridized carbons (Fsp3) is 0.409. The second-order valence-corrected chi connectivity index (χ2v) is 7.14. The summed E-state index contributed by atoms with van der Waals surface area (Å²) in [7, 11) is 1.65. The van der Waals surface area contributed by atoms with E-state index in [4.69, 9.17) is 4.74 Å². The average Bonchev–Trinajstić information content (AvgIpc) is 2.69. The van der Waals surface area contributed by atoms with Gasteiger partial charge in [0.1, 0.15) is 5.75 Å². The topological polar surface area (TPSA) is 32.8 Å². The first-order valence-electron chi connectivity index (χ1n) is 9.32. The van der Waals surface area contributed by atoms with Crippen LogP contribution in [0.3, 0.4) is 0 Å². The molecule has 0 atom stereocenters. The van der Waals surface area contributed by atoms with Crippen LogP contribution in [0.2, 0.25) is 0 Å². The van der Waals surface area contributed by atoms with Gasteiger partial charge in [-0.15, -0.1) is 0 Å². The Labute approximate surface area is 156 Å². The Hall–Kier alpha value is -2.49. The van der Waals surface area contributed by atoms with Gasteiger partial charge in [-0.3, -0.25) is 4.79 Å². The fourth-order valence-corrected chi connectivity index (χ4v) is 3.31. The van der Waals surface area contributed by atoms with Crippen molar-refractivity contribution in [3.05, 3.63) is 59.7 Å². The van der Waals surface area contributed by atoms with Gasteiger partial charge >= 0.3 is 0 Å². The van der Waals surface area contributed by atoms with Crippen molar-refractivity contribution in [1.82, 2.24) is 4.90 Å². The molecular formula is C22H28N2O2. The normalized spacial score (nSPS) is 14.6. The number of nitrogens with zero attached hydrogens (tertiary/aromatic N) is 2. The van der Waals surface area contributed by atoms with Crippen LogP contribution in [-0.4, -0.2) is 44.1 Å². The van der Waals surface area contributed by atoms with Crippen molar-refractivity contribution in [3.63, 3.8) is 0 Å². The van der Waals surface area contributed by atoms with Crippen LogP contribution in [0.25, 0.3) is 0 Å².